The fraction of sp³-hybridized carbons (Fsp3) is 0.118. The molecule has 3 aromatic rings. The Labute approximate surface area is 138 Å². The molecule has 7 nitrogen and oxygen atoms in total. The van der Waals surface area contributed by atoms with E-state index < -0.39 is 0 Å². The molecule has 1 amide bonds. The van der Waals surface area contributed by atoms with Gasteiger partial charge in [-0.25, -0.2) is 14.6 Å². The topological polar surface area (TPSA) is 89.8 Å². The number of aromatic nitrogens is 4. The average Bonchev–Trinajstić information content (AvgIpc) is 3.16. The lowest BCUT2D eigenvalue weighted by Crippen LogP contribution is -2.13. The second-order valence-electron chi connectivity index (χ2n) is 5.08. The standard InChI is InChI=1S/C17H15N5O2/c23-15(13-4-2-1-3-5-13)7-9-17(24)21-14-6-8-16(19-10-14)22-12-18-11-20-22/h1-6,8,10-12H,7,9H2,(H,21,24). The quantitative estimate of drug-likeness (QED) is 0.703. The molecule has 7 heteroatoms. The Hall–Kier alpha value is -3.35. The van der Waals surface area contributed by atoms with Crippen molar-refractivity contribution in [3.63, 3.8) is 0 Å². The van der Waals surface area contributed by atoms with E-state index in [-0.39, 0.29) is 24.5 Å². The number of rotatable bonds is 6. The van der Waals surface area contributed by atoms with Gasteiger partial charge in [-0.1, -0.05) is 30.3 Å². The van der Waals surface area contributed by atoms with Gasteiger partial charge in [0.1, 0.15) is 12.7 Å². The molecule has 0 saturated carbocycles. The molecule has 1 aromatic carbocycles. The maximum absolute atomic E-state index is 12.0. The van der Waals surface area contributed by atoms with E-state index in [0.29, 0.717) is 17.1 Å². The minimum Gasteiger partial charge on any atom is -0.325 e. The monoisotopic (exact) mass is 321 g/mol. The number of carbonyl (C=O) groups excluding carboxylic acids is 2. The van der Waals surface area contributed by atoms with Crippen molar-refractivity contribution in [1.82, 2.24) is 19.7 Å². The van der Waals surface area contributed by atoms with Crippen LogP contribution in [0.5, 0.6) is 0 Å². The summed E-state index contributed by atoms with van der Waals surface area (Å²) >= 11 is 0. The average molecular weight is 321 g/mol. The number of amides is 1. The van der Waals surface area contributed by atoms with Gasteiger partial charge in [0.15, 0.2) is 11.6 Å². The molecule has 0 aliphatic heterocycles. The first kappa shape index (κ1) is 15.5. The van der Waals surface area contributed by atoms with Crippen molar-refractivity contribution in [2.24, 2.45) is 0 Å². The molecule has 0 aliphatic rings. The molecule has 24 heavy (non-hydrogen) atoms. The van der Waals surface area contributed by atoms with Gasteiger partial charge in [-0.3, -0.25) is 9.59 Å². The van der Waals surface area contributed by atoms with E-state index in [1.54, 1.807) is 36.4 Å². The van der Waals surface area contributed by atoms with Crippen LogP contribution in [0.1, 0.15) is 23.2 Å². The molecule has 120 valence electrons. The number of anilines is 1. The summed E-state index contributed by atoms with van der Waals surface area (Å²) in [6.45, 7) is 0. The van der Waals surface area contributed by atoms with E-state index in [1.165, 1.54) is 23.5 Å². The van der Waals surface area contributed by atoms with Crippen molar-refractivity contribution in [2.45, 2.75) is 12.8 Å². The summed E-state index contributed by atoms with van der Waals surface area (Å²) in [5.41, 5.74) is 1.18. The third kappa shape index (κ3) is 3.89. The minimum absolute atomic E-state index is 0.0506. The third-order valence-corrected chi connectivity index (χ3v) is 3.36. The molecule has 0 atom stereocenters. The van der Waals surface area contributed by atoms with Crippen LogP contribution in [0.2, 0.25) is 0 Å². The molecule has 0 saturated heterocycles. The Kier molecular flexibility index (Phi) is 4.71. The lowest BCUT2D eigenvalue weighted by atomic mass is 10.1. The predicted octanol–water partition coefficient (Wildman–Crippen LogP) is 2.26. The summed E-state index contributed by atoms with van der Waals surface area (Å²) in [4.78, 5) is 32.0. The van der Waals surface area contributed by atoms with Crippen LogP contribution in [0.25, 0.3) is 5.82 Å². The Bertz CT molecular complexity index is 814. The summed E-state index contributed by atoms with van der Waals surface area (Å²) in [5.74, 6) is 0.324. The summed E-state index contributed by atoms with van der Waals surface area (Å²) in [7, 11) is 0. The molecular weight excluding hydrogens is 306 g/mol. The lowest BCUT2D eigenvalue weighted by molar-refractivity contribution is -0.116. The van der Waals surface area contributed by atoms with Gasteiger partial charge >= 0.3 is 0 Å². The molecule has 2 heterocycles. The van der Waals surface area contributed by atoms with Crippen LogP contribution in [-0.4, -0.2) is 31.4 Å². The lowest BCUT2D eigenvalue weighted by Gasteiger charge is -2.06. The van der Waals surface area contributed by atoms with Crippen molar-refractivity contribution in [3.05, 3.63) is 66.9 Å². The number of Topliss-reactive ketones (excluding diaryl/α,β-unsaturated/α-hetero) is 1. The normalized spacial score (nSPS) is 10.3. The SMILES string of the molecule is O=C(CCC(=O)c1ccccc1)Nc1ccc(-n2cncn2)nc1. The van der Waals surface area contributed by atoms with Crippen molar-refractivity contribution in [1.29, 1.82) is 0 Å². The number of carbonyl (C=O) groups is 2. The first-order valence-electron chi connectivity index (χ1n) is 7.41. The van der Waals surface area contributed by atoms with Gasteiger partial charge in [-0.2, -0.15) is 5.10 Å². The number of hydrogen-bond donors (Lipinski definition) is 1. The molecule has 1 N–H and O–H groups in total. The van der Waals surface area contributed by atoms with E-state index >= 15 is 0 Å². The van der Waals surface area contributed by atoms with Crippen molar-refractivity contribution >= 4 is 17.4 Å². The Morgan fingerprint density at radius 3 is 2.54 bits per heavy atom. The summed E-state index contributed by atoms with van der Waals surface area (Å²) in [6, 6.07) is 12.4. The molecule has 0 unspecified atom stereocenters. The van der Waals surface area contributed by atoms with Crippen LogP contribution < -0.4 is 5.32 Å². The largest absolute Gasteiger partial charge is 0.325 e. The van der Waals surface area contributed by atoms with Gasteiger partial charge in [-0.15, -0.1) is 0 Å². The van der Waals surface area contributed by atoms with Gasteiger partial charge in [0.2, 0.25) is 5.91 Å². The first-order valence-corrected chi connectivity index (χ1v) is 7.41. The van der Waals surface area contributed by atoms with Crippen LogP contribution in [0.15, 0.2) is 61.3 Å². The number of hydrogen-bond acceptors (Lipinski definition) is 5. The Morgan fingerprint density at radius 2 is 1.88 bits per heavy atom. The van der Waals surface area contributed by atoms with Crippen molar-refractivity contribution in [2.75, 3.05) is 5.32 Å². The highest BCUT2D eigenvalue weighted by atomic mass is 16.2. The van der Waals surface area contributed by atoms with Crippen LogP contribution >= 0.6 is 0 Å². The van der Waals surface area contributed by atoms with Gasteiger partial charge in [0.25, 0.3) is 0 Å². The van der Waals surface area contributed by atoms with Crippen molar-refractivity contribution in [3.8, 4) is 5.82 Å². The number of nitrogens with zero attached hydrogens (tertiary/aromatic N) is 4. The highest BCUT2D eigenvalue weighted by molar-refractivity contribution is 5.99. The predicted molar refractivity (Wildman–Crippen MR) is 87.8 cm³/mol. The molecule has 2 aromatic heterocycles. The zero-order valence-corrected chi connectivity index (χ0v) is 12.8. The molecule has 3 rings (SSSR count). The van der Waals surface area contributed by atoms with E-state index in [1.807, 2.05) is 6.07 Å². The van der Waals surface area contributed by atoms with Crippen LogP contribution in [-0.2, 0) is 4.79 Å². The number of pyridine rings is 1. The molecule has 0 bridgehead atoms. The van der Waals surface area contributed by atoms with Gasteiger partial charge in [0.05, 0.1) is 11.9 Å². The molecule has 0 fully saturated rings. The Morgan fingerprint density at radius 1 is 1.04 bits per heavy atom. The van der Waals surface area contributed by atoms with E-state index in [9.17, 15) is 9.59 Å². The van der Waals surface area contributed by atoms with E-state index in [0.717, 1.165) is 0 Å². The molecule has 0 aliphatic carbocycles. The van der Waals surface area contributed by atoms with Crippen LogP contribution in [0.4, 0.5) is 5.69 Å². The van der Waals surface area contributed by atoms with Crippen LogP contribution in [0, 0.1) is 0 Å². The maximum Gasteiger partial charge on any atom is 0.224 e. The third-order valence-electron chi connectivity index (χ3n) is 3.36. The molecule has 0 radical (unpaired) electrons. The minimum atomic E-state index is -0.227. The van der Waals surface area contributed by atoms with E-state index in [2.05, 4.69) is 20.4 Å². The second kappa shape index (κ2) is 7.28. The molecule has 0 spiro atoms. The number of benzene rings is 1. The number of ketones is 1. The summed E-state index contributed by atoms with van der Waals surface area (Å²) in [5, 5.41) is 6.70. The van der Waals surface area contributed by atoms with Gasteiger partial charge in [0, 0.05) is 18.4 Å². The highest BCUT2D eigenvalue weighted by Crippen LogP contribution is 2.10. The first-order chi connectivity index (χ1) is 11.7. The zero-order valence-electron chi connectivity index (χ0n) is 12.8. The fourth-order valence-electron chi connectivity index (χ4n) is 2.14. The van der Waals surface area contributed by atoms with Crippen LogP contribution in [0.3, 0.4) is 0 Å². The smallest absolute Gasteiger partial charge is 0.224 e. The maximum atomic E-state index is 12.0. The molecular formula is C17H15N5O2. The zero-order chi connectivity index (χ0) is 16.8. The van der Waals surface area contributed by atoms with E-state index in [4.69, 9.17) is 0 Å². The highest BCUT2D eigenvalue weighted by Gasteiger charge is 2.09. The fourth-order valence-corrected chi connectivity index (χ4v) is 2.14. The van der Waals surface area contributed by atoms with Gasteiger partial charge in [-0.05, 0) is 12.1 Å². The van der Waals surface area contributed by atoms with Gasteiger partial charge < -0.3 is 5.32 Å². The summed E-state index contributed by atoms with van der Waals surface area (Å²) < 4.78 is 1.52. The Balaban J connectivity index is 1.52. The number of nitrogens with one attached hydrogen (secondary N) is 1. The van der Waals surface area contributed by atoms with Crippen molar-refractivity contribution < 1.29 is 9.59 Å². The second-order valence-corrected chi connectivity index (χ2v) is 5.08. The summed E-state index contributed by atoms with van der Waals surface area (Å²) in [6.07, 6.45) is 4.78.